The molecule has 2 aliphatic carbocycles. The Kier molecular flexibility index (Phi) is 15.6. The van der Waals surface area contributed by atoms with Gasteiger partial charge >= 0.3 is 26.2 Å². The van der Waals surface area contributed by atoms with E-state index in [9.17, 15) is 0 Å². The van der Waals surface area contributed by atoms with E-state index in [-0.39, 0.29) is 44.1 Å². The van der Waals surface area contributed by atoms with Gasteiger partial charge in [-0.1, -0.05) is 44.1 Å². The first-order valence-electron chi connectivity index (χ1n) is 5.08. The molecule has 0 aromatic carbocycles. The van der Waals surface area contributed by atoms with Gasteiger partial charge < -0.3 is 17.5 Å². The third kappa shape index (κ3) is 37.8. The first kappa shape index (κ1) is 17.7. The summed E-state index contributed by atoms with van der Waals surface area (Å²) in [6.07, 6.45) is 10.0. The Hall–Kier alpha value is 1.28. The molecule has 79 valence electrons. The number of hydrogen-bond acceptors (Lipinski definition) is 0. The van der Waals surface area contributed by atoms with E-state index in [1.165, 1.54) is 25.7 Å². The summed E-state index contributed by atoms with van der Waals surface area (Å²) in [7, 11) is -0.528. The number of hydrogen-bond donors (Lipinski definition) is 0. The van der Waals surface area contributed by atoms with Crippen LogP contribution in [-0.4, -0.2) is 17.9 Å². The topological polar surface area (TPSA) is 14.1 Å². The van der Waals surface area contributed by atoms with E-state index in [1.54, 1.807) is 0 Å². The molecular weight excluding hydrogens is 282 g/mol. The van der Waals surface area contributed by atoms with Crippen molar-refractivity contribution >= 4 is 17.9 Å². The Balaban J connectivity index is 0. The quantitative estimate of drug-likeness (QED) is 0.544. The largest absolute Gasteiger partial charge is 3.00 e. The van der Waals surface area contributed by atoms with Crippen LogP contribution in [0.4, 0.5) is 0 Å². The predicted molar refractivity (Wildman–Crippen MR) is 65.4 cm³/mol. The monoisotopic (exact) mass is 302 g/mol. The smallest absolute Gasteiger partial charge is 0.673 e. The van der Waals surface area contributed by atoms with Gasteiger partial charge in [-0.2, -0.15) is 0 Å². The fraction of sp³-hybridized carbons (Fsp3) is 0.800. The van der Waals surface area contributed by atoms with Gasteiger partial charge in [-0.25, -0.2) is 25.7 Å². The molecule has 14 heavy (non-hydrogen) atoms. The van der Waals surface area contributed by atoms with Crippen molar-refractivity contribution in [3.63, 3.8) is 0 Å². The van der Waals surface area contributed by atoms with Crippen molar-refractivity contribution in [2.45, 2.75) is 51.9 Å². The van der Waals surface area contributed by atoms with Crippen LogP contribution in [0.3, 0.4) is 0 Å². The van der Waals surface area contributed by atoms with Crippen molar-refractivity contribution in [2.24, 2.45) is 0 Å². The predicted octanol–water partition coefficient (Wildman–Crippen LogP) is 3.83. The zero-order valence-electron chi connectivity index (χ0n) is 9.93. The van der Waals surface area contributed by atoms with Gasteiger partial charge in [0.05, 0.1) is 0 Å². The molecule has 2 fully saturated rings. The Morgan fingerprint density at radius 1 is 0.786 bits per heavy atom. The van der Waals surface area contributed by atoms with Crippen LogP contribution in [0.1, 0.15) is 25.7 Å². The molecule has 0 aromatic heterocycles. The molecule has 2 saturated carbocycles. The molecule has 0 saturated heterocycles. The van der Waals surface area contributed by atoms with E-state index < -0.39 is 0 Å². The summed E-state index contributed by atoms with van der Waals surface area (Å²) < 4.78 is 4.48. The van der Waals surface area contributed by atoms with Crippen molar-refractivity contribution in [2.75, 3.05) is 0 Å². The van der Waals surface area contributed by atoms with Crippen LogP contribution >= 0.6 is 0 Å². The zero-order chi connectivity index (χ0) is 10.1. The molecule has 0 heterocycles. The number of nitrogens with zero attached hydrogens (tertiary/aromatic N) is 1. The summed E-state index contributed by atoms with van der Waals surface area (Å²) in [6.45, 7) is 8.90. The minimum Gasteiger partial charge on any atom is -0.673 e. The molecule has 1 nitrogen and oxygen atoms in total. The minimum atomic E-state index is -0.264. The van der Waals surface area contributed by atoms with Gasteiger partial charge in [0.25, 0.3) is 0 Å². The third-order valence-electron chi connectivity index (χ3n) is 1.02. The Labute approximate surface area is 113 Å². The van der Waals surface area contributed by atoms with Crippen LogP contribution < -0.4 is 0 Å². The van der Waals surface area contributed by atoms with Crippen molar-refractivity contribution in [1.82, 2.24) is 0 Å². The summed E-state index contributed by atoms with van der Waals surface area (Å²) in [5.41, 5.74) is 0. The van der Waals surface area contributed by atoms with Gasteiger partial charge in [0, 0.05) is 0 Å². The van der Waals surface area contributed by atoms with Gasteiger partial charge in [0.15, 0.2) is 0 Å². The normalized spacial score (nSPS) is 15.9. The van der Waals surface area contributed by atoms with Crippen molar-refractivity contribution in [1.29, 1.82) is 0 Å². The SMILES string of the molecule is C[Si](C)[N-][Si](C)C.[CH-]1CC1.[CH-]1CC1.[Zr+3]. The van der Waals surface area contributed by atoms with E-state index in [0.717, 1.165) is 0 Å². The number of rotatable bonds is 2. The minimum absolute atomic E-state index is 0. The molecule has 2 rings (SSSR count). The van der Waals surface area contributed by atoms with Gasteiger partial charge in [-0.05, 0) is 0 Å². The maximum Gasteiger partial charge on any atom is 3.00 e. The molecule has 4 heteroatoms. The van der Waals surface area contributed by atoms with Crippen LogP contribution in [0.25, 0.3) is 4.65 Å². The standard InChI is InChI=1S/C4H12NSi2.2C3H5.Zr/c1-6(2)5-7(3)4;2*1-2-3-1;/h1-4H3;2*1H,2-3H2;/q3*-1;+3. The van der Waals surface area contributed by atoms with Gasteiger partial charge in [-0.3, -0.25) is 0 Å². The Morgan fingerprint density at radius 2 is 1.00 bits per heavy atom. The second kappa shape index (κ2) is 12.3. The first-order valence-corrected chi connectivity index (χ1v) is 9.97. The van der Waals surface area contributed by atoms with Gasteiger partial charge in [0.2, 0.25) is 0 Å². The molecule has 0 bridgehead atoms. The molecule has 0 aromatic rings. The molecule has 0 unspecified atom stereocenters. The average Bonchev–Trinajstić information content (AvgIpc) is 2.83. The van der Waals surface area contributed by atoms with E-state index in [0.29, 0.717) is 0 Å². The maximum atomic E-state index is 4.48. The summed E-state index contributed by atoms with van der Waals surface area (Å²) in [6, 6.07) is 0. The molecule has 3 radical (unpaired) electrons. The van der Waals surface area contributed by atoms with E-state index in [2.05, 4.69) is 43.7 Å². The fourth-order valence-corrected chi connectivity index (χ4v) is 4.02. The average molecular weight is 304 g/mol. The Morgan fingerprint density at radius 3 is 1.00 bits per heavy atom. The third-order valence-corrected chi connectivity index (χ3v) is 4.60. The van der Waals surface area contributed by atoms with Crippen molar-refractivity contribution < 1.29 is 26.2 Å². The summed E-state index contributed by atoms with van der Waals surface area (Å²) in [5.74, 6) is 0. The van der Waals surface area contributed by atoms with Crippen molar-refractivity contribution in [3.05, 3.63) is 17.5 Å². The molecule has 0 aliphatic heterocycles. The van der Waals surface area contributed by atoms with Crippen LogP contribution in [-0.2, 0) is 26.2 Å². The Bertz CT molecular complexity index is 88.8. The molecule has 0 spiro atoms. The molecular formula is C10H22NSi2Zr. The van der Waals surface area contributed by atoms with Crippen LogP contribution in [0, 0.1) is 12.8 Å². The molecule has 2 aliphatic rings. The van der Waals surface area contributed by atoms with Crippen LogP contribution in [0.5, 0.6) is 0 Å². The molecule has 0 N–H and O–H groups in total. The van der Waals surface area contributed by atoms with Crippen LogP contribution in [0.15, 0.2) is 0 Å². The summed E-state index contributed by atoms with van der Waals surface area (Å²) in [5, 5.41) is 0. The fourth-order valence-electron chi connectivity index (χ4n) is 0.447. The summed E-state index contributed by atoms with van der Waals surface area (Å²) >= 11 is 0. The van der Waals surface area contributed by atoms with Gasteiger partial charge in [-0.15, -0.1) is 0 Å². The van der Waals surface area contributed by atoms with Crippen molar-refractivity contribution in [3.8, 4) is 0 Å². The van der Waals surface area contributed by atoms with Crippen LogP contribution in [0.2, 0.25) is 26.2 Å². The zero-order valence-corrected chi connectivity index (χ0v) is 14.4. The van der Waals surface area contributed by atoms with E-state index >= 15 is 0 Å². The molecule has 0 atom stereocenters. The van der Waals surface area contributed by atoms with Gasteiger partial charge in [0.1, 0.15) is 0 Å². The van der Waals surface area contributed by atoms with E-state index in [1.807, 2.05) is 0 Å². The molecule has 0 amide bonds. The van der Waals surface area contributed by atoms with E-state index in [4.69, 9.17) is 0 Å². The second-order valence-corrected chi connectivity index (χ2v) is 8.42. The second-order valence-electron chi connectivity index (χ2n) is 3.74. The summed E-state index contributed by atoms with van der Waals surface area (Å²) in [4.78, 5) is 0. The maximum absolute atomic E-state index is 4.48. The first-order chi connectivity index (χ1) is 6.13.